The molecule has 0 aliphatic heterocycles. The van der Waals surface area contributed by atoms with Gasteiger partial charge in [0.2, 0.25) is 5.91 Å². The van der Waals surface area contributed by atoms with Gasteiger partial charge in [0, 0.05) is 12.5 Å². The number of amides is 1. The van der Waals surface area contributed by atoms with Crippen LogP contribution in [0.3, 0.4) is 0 Å². The number of nitrogens with one attached hydrogen (secondary N) is 1. The fraction of sp³-hybridized carbons (Fsp3) is 0.979. The smallest absolute Gasteiger partial charge is 0.223 e. The minimum Gasteiger partial charge on any atom is -0.356 e. The average Bonchev–Trinajstić information content (AvgIpc) is 3.12. The van der Waals surface area contributed by atoms with Crippen LogP contribution < -0.4 is 5.32 Å². The highest BCUT2D eigenvalue weighted by atomic mass is 16.1. The van der Waals surface area contributed by atoms with E-state index in [1.54, 1.807) is 0 Å². The van der Waals surface area contributed by atoms with E-state index in [9.17, 15) is 4.79 Å². The zero-order valence-corrected chi connectivity index (χ0v) is 36.8. The van der Waals surface area contributed by atoms with Crippen molar-refractivity contribution in [3.8, 4) is 0 Å². The summed E-state index contributed by atoms with van der Waals surface area (Å²) < 4.78 is 0. The van der Waals surface area contributed by atoms with Crippen LogP contribution >= 0.6 is 0 Å². The highest BCUT2D eigenvalue weighted by molar-refractivity contribution is 5.78. The van der Waals surface area contributed by atoms with Crippen molar-refractivity contribution in [2.45, 2.75) is 247 Å². The summed E-state index contributed by atoms with van der Waals surface area (Å²) in [5.41, 5.74) is 0. The molecule has 0 aliphatic rings. The Morgan fingerprint density at radius 2 is 0.765 bits per heavy atom. The number of unbranched alkanes of at least 4 members (excludes halogenated alkanes) is 27. The van der Waals surface area contributed by atoms with Crippen molar-refractivity contribution >= 4 is 5.91 Å². The molecule has 0 heterocycles. The Bertz CT molecular complexity index is 675. The fourth-order valence-corrected chi connectivity index (χ4v) is 8.40. The second kappa shape index (κ2) is 37.7. The summed E-state index contributed by atoms with van der Waals surface area (Å²) in [5, 5.41) is 3.27. The third-order valence-corrected chi connectivity index (χ3v) is 12.8. The molecular weight excluding hydrogens is 621 g/mol. The third kappa shape index (κ3) is 31.5. The predicted octanol–water partition coefficient (Wildman–Crippen LogP) is 15.3. The van der Waals surface area contributed by atoms with E-state index in [-0.39, 0.29) is 11.8 Å². The van der Waals surface area contributed by atoms with Crippen molar-refractivity contribution in [2.75, 3.05) is 27.2 Å². The molecule has 3 nitrogen and oxygen atoms in total. The lowest BCUT2D eigenvalue weighted by molar-refractivity contribution is -0.126. The first kappa shape index (κ1) is 50.4. The first-order valence-electron chi connectivity index (χ1n) is 23.7. The van der Waals surface area contributed by atoms with Gasteiger partial charge >= 0.3 is 0 Å². The van der Waals surface area contributed by atoms with E-state index in [0.717, 1.165) is 31.8 Å². The van der Waals surface area contributed by atoms with Crippen molar-refractivity contribution in [3.05, 3.63) is 0 Å². The Kier molecular flexibility index (Phi) is 37.3. The highest BCUT2D eigenvalue weighted by Gasteiger charge is 2.31. The number of carbonyl (C=O) groups excluding carboxylic acids is 1. The third-order valence-electron chi connectivity index (χ3n) is 12.8. The molecule has 1 amide bonds. The zero-order chi connectivity index (χ0) is 37.8. The van der Waals surface area contributed by atoms with E-state index in [0.29, 0.717) is 17.8 Å². The van der Waals surface area contributed by atoms with E-state index in [2.05, 4.69) is 65.9 Å². The quantitative estimate of drug-likeness (QED) is 0.0640. The van der Waals surface area contributed by atoms with Crippen molar-refractivity contribution in [1.82, 2.24) is 10.2 Å². The molecule has 51 heavy (non-hydrogen) atoms. The van der Waals surface area contributed by atoms with Gasteiger partial charge < -0.3 is 10.2 Å². The summed E-state index contributed by atoms with van der Waals surface area (Å²) >= 11 is 0. The van der Waals surface area contributed by atoms with Crippen LogP contribution in [-0.4, -0.2) is 38.0 Å². The first-order valence-corrected chi connectivity index (χ1v) is 23.7. The lowest BCUT2D eigenvalue weighted by Gasteiger charge is -2.35. The standard InChI is InChI=1S/C48H98N2O/c1-9-11-13-15-17-19-21-23-25-27-29-31-33-35-39-47(40-36-34-32-30-28-26-24-22-20-18-16-14-12-10-2)45(5)43(3)44(4)46(6)48(51)49-41-37-38-42-50(7)8/h43-47H,9-42H2,1-8H3,(H,49,51). The number of hydrogen-bond acceptors (Lipinski definition) is 2. The Morgan fingerprint density at radius 1 is 0.431 bits per heavy atom. The van der Waals surface area contributed by atoms with E-state index in [1.807, 2.05) is 0 Å². The molecule has 0 saturated carbocycles. The van der Waals surface area contributed by atoms with Gasteiger partial charge in [0.05, 0.1) is 0 Å². The lowest BCUT2D eigenvalue weighted by atomic mass is 9.71. The first-order chi connectivity index (χ1) is 24.8. The van der Waals surface area contributed by atoms with Gasteiger partial charge in [-0.1, -0.05) is 234 Å². The van der Waals surface area contributed by atoms with Gasteiger partial charge in [-0.05, 0) is 57.2 Å². The number of carbonyl (C=O) groups is 1. The molecule has 0 radical (unpaired) electrons. The number of nitrogens with zero attached hydrogens (tertiary/aromatic N) is 1. The van der Waals surface area contributed by atoms with Crippen molar-refractivity contribution in [2.24, 2.45) is 29.6 Å². The van der Waals surface area contributed by atoms with Crippen molar-refractivity contribution in [3.63, 3.8) is 0 Å². The Morgan fingerprint density at radius 3 is 1.10 bits per heavy atom. The van der Waals surface area contributed by atoms with Crippen LogP contribution in [0.1, 0.15) is 247 Å². The Hall–Kier alpha value is -0.570. The average molecular weight is 719 g/mol. The molecule has 0 aliphatic carbocycles. The van der Waals surface area contributed by atoms with Crippen LogP contribution in [0.5, 0.6) is 0 Å². The highest BCUT2D eigenvalue weighted by Crippen LogP contribution is 2.36. The molecule has 4 unspecified atom stereocenters. The van der Waals surface area contributed by atoms with Crippen LogP contribution in [0, 0.1) is 29.6 Å². The fourth-order valence-electron chi connectivity index (χ4n) is 8.40. The van der Waals surface area contributed by atoms with Gasteiger partial charge in [0.25, 0.3) is 0 Å². The number of rotatable bonds is 40. The summed E-state index contributed by atoms with van der Waals surface area (Å²) in [6, 6.07) is 0. The summed E-state index contributed by atoms with van der Waals surface area (Å²) in [4.78, 5) is 15.3. The van der Waals surface area contributed by atoms with Crippen molar-refractivity contribution in [1.29, 1.82) is 0 Å². The zero-order valence-electron chi connectivity index (χ0n) is 36.8. The monoisotopic (exact) mass is 719 g/mol. The van der Waals surface area contributed by atoms with E-state index in [1.165, 1.54) is 193 Å². The van der Waals surface area contributed by atoms with Gasteiger partial charge in [-0.2, -0.15) is 0 Å². The largest absolute Gasteiger partial charge is 0.356 e. The minimum atomic E-state index is 0.0825. The molecule has 0 aromatic carbocycles. The summed E-state index contributed by atoms with van der Waals surface area (Å²) in [6.45, 7) is 16.0. The molecule has 3 heteroatoms. The minimum absolute atomic E-state index is 0.0825. The van der Waals surface area contributed by atoms with Crippen LogP contribution in [-0.2, 0) is 4.79 Å². The molecule has 0 fully saturated rings. The molecule has 0 rings (SSSR count). The molecule has 1 N–H and O–H groups in total. The van der Waals surface area contributed by atoms with Gasteiger partial charge in [-0.15, -0.1) is 0 Å². The summed E-state index contributed by atoms with van der Waals surface area (Å²) in [5.74, 6) is 2.82. The van der Waals surface area contributed by atoms with E-state index >= 15 is 0 Å². The van der Waals surface area contributed by atoms with Crippen LogP contribution in [0.15, 0.2) is 0 Å². The summed E-state index contributed by atoms with van der Waals surface area (Å²) in [6.07, 6.45) is 45.1. The van der Waals surface area contributed by atoms with Gasteiger partial charge in [0.1, 0.15) is 0 Å². The van der Waals surface area contributed by atoms with Crippen LogP contribution in [0.4, 0.5) is 0 Å². The molecule has 306 valence electrons. The normalized spacial score (nSPS) is 14.3. The lowest BCUT2D eigenvalue weighted by Crippen LogP contribution is -2.37. The second-order valence-corrected chi connectivity index (χ2v) is 17.7. The molecule has 0 aromatic rings. The Labute approximate surface area is 323 Å². The molecule has 4 atom stereocenters. The SMILES string of the molecule is CCCCCCCCCCCCCCCCC(CCCCCCCCCCCCCCCC)C(C)C(C)C(C)C(C)C(=O)NCCCCN(C)C. The van der Waals surface area contributed by atoms with Gasteiger partial charge in [0.15, 0.2) is 0 Å². The van der Waals surface area contributed by atoms with Crippen molar-refractivity contribution < 1.29 is 4.79 Å². The van der Waals surface area contributed by atoms with E-state index in [4.69, 9.17) is 0 Å². The maximum Gasteiger partial charge on any atom is 0.223 e. The van der Waals surface area contributed by atoms with E-state index < -0.39 is 0 Å². The summed E-state index contributed by atoms with van der Waals surface area (Å²) in [7, 11) is 4.24. The maximum atomic E-state index is 13.1. The van der Waals surface area contributed by atoms with Crippen LogP contribution in [0.2, 0.25) is 0 Å². The molecule has 0 aromatic heterocycles. The van der Waals surface area contributed by atoms with Crippen LogP contribution in [0.25, 0.3) is 0 Å². The number of hydrogen-bond donors (Lipinski definition) is 1. The van der Waals surface area contributed by atoms with Gasteiger partial charge in [-0.25, -0.2) is 0 Å². The second-order valence-electron chi connectivity index (χ2n) is 17.7. The predicted molar refractivity (Wildman–Crippen MR) is 231 cm³/mol. The maximum absolute atomic E-state index is 13.1. The Balaban J connectivity index is 4.56. The van der Waals surface area contributed by atoms with Gasteiger partial charge in [-0.3, -0.25) is 4.79 Å². The molecule has 0 saturated heterocycles. The molecule has 0 spiro atoms. The molecular formula is C48H98N2O. The topological polar surface area (TPSA) is 32.3 Å². The molecule has 0 bridgehead atoms.